The summed E-state index contributed by atoms with van der Waals surface area (Å²) in [5.41, 5.74) is 0.578. The van der Waals surface area contributed by atoms with Crippen LogP contribution in [-0.4, -0.2) is 49.4 Å². The number of rotatable bonds is 4. The van der Waals surface area contributed by atoms with E-state index in [0.717, 1.165) is 25.8 Å². The molecule has 1 unspecified atom stereocenters. The number of hydrogen-bond acceptors (Lipinski definition) is 6. The molecule has 132 valence electrons. The summed E-state index contributed by atoms with van der Waals surface area (Å²) < 4.78 is 30.7. The van der Waals surface area contributed by atoms with Gasteiger partial charge < -0.3 is 9.64 Å². The number of hydrogen-bond donors (Lipinski definition) is 0. The molecule has 2 saturated carbocycles. The standard InChI is InChI=1S/C16H22ClN3O3S/c1-11-10-23-8-7-20(11)14-9-13(18-15(17)19-14)16(5-2-6-16)24(21,22)12-3-4-12/h9,11-12H,2-8,10H2,1H3. The second kappa shape index (κ2) is 5.81. The van der Waals surface area contributed by atoms with Crippen LogP contribution in [0.15, 0.2) is 6.07 Å². The maximum atomic E-state index is 13.0. The van der Waals surface area contributed by atoms with Crippen molar-refractivity contribution in [1.29, 1.82) is 0 Å². The predicted octanol–water partition coefficient (Wildman–Crippen LogP) is 2.31. The number of ether oxygens (including phenoxy) is 1. The van der Waals surface area contributed by atoms with Gasteiger partial charge in [0, 0.05) is 12.6 Å². The minimum absolute atomic E-state index is 0.124. The van der Waals surface area contributed by atoms with Gasteiger partial charge in [-0.2, -0.15) is 0 Å². The van der Waals surface area contributed by atoms with Crippen molar-refractivity contribution in [2.45, 2.75) is 55.1 Å². The summed E-state index contributed by atoms with van der Waals surface area (Å²) in [7, 11) is -3.21. The highest BCUT2D eigenvalue weighted by molar-refractivity contribution is 7.93. The van der Waals surface area contributed by atoms with Gasteiger partial charge in [-0.15, -0.1) is 0 Å². The van der Waals surface area contributed by atoms with Gasteiger partial charge in [-0.25, -0.2) is 18.4 Å². The Morgan fingerprint density at radius 2 is 2.08 bits per heavy atom. The van der Waals surface area contributed by atoms with Gasteiger partial charge in [-0.1, -0.05) is 0 Å². The van der Waals surface area contributed by atoms with Crippen LogP contribution in [-0.2, 0) is 19.3 Å². The van der Waals surface area contributed by atoms with Crippen molar-refractivity contribution < 1.29 is 13.2 Å². The lowest BCUT2D eigenvalue weighted by atomic mass is 9.81. The third kappa shape index (κ3) is 2.52. The number of anilines is 1. The summed E-state index contributed by atoms with van der Waals surface area (Å²) in [5, 5.41) is -0.0734. The molecule has 1 aromatic rings. The first-order chi connectivity index (χ1) is 11.4. The first kappa shape index (κ1) is 16.5. The molecule has 3 fully saturated rings. The van der Waals surface area contributed by atoms with Crippen LogP contribution in [0.2, 0.25) is 5.28 Å². The molecule has 0 aromatic carbocycles. The fourth-order valence-corrected chi connectivity index (χ4v) is 6.56. The van der Waals surface area contributed by atoms with E-state index in [1.165, 1.54) is 0 Å². The van der Waals surface area contributed by atoms with E-state index in [1.807, 2.05) is 6.07 Å². The number of morpholine rings is 1. The van der Waals surface area contributed by atoms with Crippen LogP contribution >= 0.6 is 11.6 Å². The molecule has 4 rings (SSSR count). The molecular formula is C16H22ClN3O3S. The summed E-state index contributed by atoms with van der Waals surface area (Å²) >= 11 is 6.17. The van der Waals surface area contributed by atoms with Gasteiger partial charge in [-0.3, -0.25) is 0 Å². The Labute approximate surface area is 147 Å². The second-order valence-electron chi connectivity index (χ2n) is 7.09. The van der Waals surface area contributed by atoms with E-state index in [0.29, 0.717) is 37.6 Å². The van der Waals surface area contributed by atoms with Gasteiger partial charge in [0.2, 0.25) is 5.28 Å². The molecule has 1 saturated heterocycles. The Kier molecular flexibility index (Phi) is 4.01. The molecule has 0 amide bonds. The van der Waals surface area contributed by atoms with Gasteiger partial charge >= 0.3 is 0 Å². The third-order valence-corrected chi connectivity index (χ3v) is 8.71. The normalized spacial score (nSPS) is 26.9. The molecule has 3 aliphatic rings. The topological polar surface area (TPSA) is 72.4 Å². The SMILES string of the molecule is CC1COCCN1c1cc(C2(S(=O)(=O)C3CC3)CCC2)nc(Cl)n1. The average molecular weight is 372 g/mol. The molecular weight excluding hydrogens is 350 g/mol. The first-order valence-corrected chi connectivity index (χ1v) is 10.5. The first-order valence-electron chi connectivity index (χ1n) is 8.57. The summed E-state index contributed by atoms with van der Waals surface area (Å²) in [6, 6.07) is 2.02. The lowest BCUT2D eigenvalue weighted by molar-refractivity contribution is 0.0985. The van der Waals surface area contributed by atoms with Crippen LogP contribution in [0.25, 0.3) is 0 Å². The quantitative estimate of drug-likeness (QED) is 0.756. The Morgan fingerprint density at radius 1 is 1.33 bits per heavy atom. The highest BCUT2D eigenvalue weighted by Crippen LogP contribution is 2.53. The van der Waals surface area contributed by atoms with Gasteiger partial charge in [0.25, 0.3) is 0 Å². The molecule has 2 heterocycles. The number of aromatic nitrogens is 2. The molecule has 6 nitrogen and oxygen atoms in total. The van der Waals surface area contributed by atoms with E-state index in [4.69, 9.17) is 16.3 Å². The molecule has 1 atom stereocenters. The van der Waals surface area contributed by atoms with Crippen LogP contribution in [0.4, 0.5) is 5.82 Å². The largest absolute Gasteiger partial charge is 0.377 e. The predicted molar refractivity (Wildman–Crippen MR) is 92.1 cm³/mol. The van der Waals surface area contributed by atoms with Crippen LogP contribution < -0.4 is 4.90 Å². The summed E-state index contributed by atoms with van der Waals surface area (Å²) in [5.74, 6) is 0.707. The van der Waals surface area contributed by atoms with E-state index in [2.05, 4.69) is 21.8 Å². The van der Waals surface area contributed by atoms with Crippen LogP contribution in [0, 0.1) is 0 Å². The molecule has 1 aliphatic heterocycles. The van der Waals surface area contributed by atoms with Gasteiger partial charge in [-0.05, 0) is 50.6 Å². The van der Waals surface area contributed by atoms with Crippen LogP contribution in [0.5, 0.6) is 0 Å². The third-order valence-electron chi connectivity index (χ3n) is 5.48. The minimum atomic E-state index is -3.21. The zero-order valence-corrected chi connectivity index (χ0v) is 15.3. The van der Waals surface area contributed by atoms with Gasteiger partial charge in [0.1, 0.15) is 10.6 Å². The van der Waals surface area contributed by atoms with Crippen LogP contribution in [0.1, 0.15) is 44.7 Å². The van der Waals surface area contributed by atoms with E-state index < -0.39 is 14.6 Å². The summed E-state index contributed by atoms with van der Waals surface area (Å²) in [6.07, 6.45) is 3.73. The van der Waals surface area contributed by atoms with E-state index in [1.54, 1.807) is 0 Å². The fraction of sp³-hybridized carbons (Fsp3) is 0.750. The maximum absolute atomic E-state index is 13.0. The molecule has 0 N–H and O–H groups in total. The Hall–Kier alpha value is -0.920. The zero-order valence-electron chi connectivity index (χ0n) is 13.7. The fourth-order valence-electron chi connectivity index (χ4n) is 3.74. The second-order valence-corrected chi connectivity index (χ2v) is 9.97. The van der Waals surface area contributed by atoms with Crippen LogP contribution in [0.3, 0.4) is 0 Å². The molecule has 2 aliphatic carbocycles. The minimum Gasteiger partial charge on any atom is -0.377 e. The van der Waals surface area contributed by atoms with E-state index in [-0.39, 0.29) is 16.6 Å². The van der Waals surface area contributed by atoms with Crippen molar-refractivity contribution in [3.05, 3.63) is 17.0 Å². The number of sulfone groups is 1. The van der Waals surface area contributed by atoms with Crippen molar-refractivity contribution in [1.82, 2.24) is 9.97 Å². The van der Waals surface area contributed by atoms with Crippen molar-refractivity contribution in [3.63, 3.8) is 0 Å². The lowest BCUT2D eigenvalue weighted by Gasteiger charge is -2.41. The maximum Gasteiger partial charge on any atom is 0.224 e. The van der Waals surface area contributed by atoms with Crippen molar-refractivity contribution in [3.8, 4) is 0 Å². The molecule has 8 heteroatoms. The Morgan fingerprint density at radius 3 is 2.67 bits per heavy atom. The highest BCUT2D eigenvalue weighted by atomic mass is 35.5. The number of halogens is 1. The Balaban J connectivity index is 1.75. The van der Waals surface area contributed by atoms with Crippen molar-refractivity contribution in [2.24, 2.45) is 0 Å². The molecule has 0 radical (unpaired) electrons. The van der Waals surface area contributed by atoms with Gasteiger partial charge in [0.05, 0.1) is 30.2 Å². The van der Waals surface area contributed by atoms with Crippen molar-refractivity contribution in [2.75, 3.05) is 24.7 Å². The molecule has 0 bridgehead atoms. The van der Waals surface area contributed by atoms with Gasteiger partial charge in [0.15, 0.2) is 9.84 Å². The highest BCUT2D eigenvalue weighted by Gasteiger charge is 2.57. The summed E-state index contributed by atoms with van der Waals surface area (Å²) in [4.78, 5) is 10.8. The number of nitrogens with zero attached hydrogens (tertiary/aromatic N) is 3. The lowest BCUT2D eigenvalue weighted by Crippen LogP contribution is -2.46. The van der Waals surface area contributed by atoms with E-state index >= 15 is 0 Å². The molecule has 1 aromatic heterocycles. The Bertz CT molecular complexity index is 747. The molecule has 24 heavy (non-hydrogen) atoms. The molecule has 0 spiro atoms. The summed E-state index contributed by atoms with van der Waals surface area (Å²) in [6.45, 7) is 4.04. The van der Waals surface area contributed by atoms with Crippen molar-refractivity contribution >= 4 is 27.3 Å². The average Bonchev–Trinajstić information content (AvgIpc) is 3.30. The van der Waals surface area contributed by atoms with E-state index in [9.17, 15) is 8.42 Å². The smallest absolute Gasteiger partial charge is 0.224 e. The monoisotopic (exact) mass is 371 g/mol. The zero-order chi connectivity index (χ0) is 16.9.